The number of methoxy groups -OCH3 is 1. The van der Waals surface area contributed by atoms with Crippen LogP contribution in [0.3, 0.4) is 0 Å². The summed E-state index contributed by atoms with van der Waals surface area (Å²) >= 11 is 1.64. The number of nitrogens with zero attached hydrogens (tertiary/aromatic N) is 3. The molecule has 1 aromatic carbocycles. The van der Waals surface area contributed by atoms with Crippen LogP contribution >= 0.6 is 11.3 Å². The Kier molecular flexibility index (Phi) is 6.27. The van der Waals surface area contributed by atoms with Gasteiger partial charge in [0.25, 0.3) is 0 Å². The maximum Gasteiger partial charge on any atom is 0.225 e. The molecule has 3 aromatic rings. The van der Waals surface area contributed by atoms with Crippen LogP contribution in [0.5, 0.6) is 5.75 Å². The Balaban J connectivity index is 1.69. The summed E-state index contributed by atoms with van der Waals surface area (Å²) in [6.07, 6.45) is 6.11. The van der Waals surface area contributed by atoms with Crippen molar-refractivity contribution in [1.82, 2.24) is 14.9 Å². The highest BCUT2D eigenvalue weighted by Crippen LogP contribution is 2.41. The van der Waals surface area contributed by atoms with Gasteiger partial charge in [0, 0.05) is 47.9 Å². The molecule has 0 saturated heterocycles. The molecule has 0 radical (unpaired) electrons. The van der Waals surface area contributed by atoms with E-state index in [4.69, 9.17) is 15.9 Å². The van der Waals surface area contributed by atoms with Crippen LogP contribution in [0, 0.1) is 11.3 Å². The molecule has 0 bridgehead atoms. The fourth-order valence-corrected chi connectivity index (χ4v) is 5.57. The first-order valence-corrected chi connectivity index (χ1v) is 11.5. The number of thiophene rings is 1. The van der Waals surface area contributed by atoms with Crippen molar-refractivity contribution in [3.05, 3.63) is 34.5 Å². The number of carbonyl (C=O) groups is 1. The van der Waals surface area contributed by atoms with Crippen molar-refractivity contribution in [2.75, 3.05) is 31.8 Å². The first-order chi connectivity index (χ1) is 15.5. The molecule has 1 aliphatic carbocycles. The van der Waals surface area contributed by atoms with E-state index in [1.807, 2.05) is 11.9 Å². The van der Waals surface area contributed by atoms with E-state index in [9.17, 15) is 4.79 Å². The van der Waals surface area contributed by atoms with Crippen LogP contribution in [0.1, 0.15) is 35.8 Å². The molecule has 9 heteroatoms. The van der Waals surface area contributed by atoms with E-state index in [0.717, 1.165) is 42.4 Å². The second-order valence-electron chi connectivity index (χ2n) is 8.06. The molecule has 8 nitrogen and oxygen atoms in total. The Labute approximate surface area is 191 Å². The molecule has 4 rings (SSSR count). The maximum absolute atomic E-state index is 12.8. The van der Waals surface area contributed by atoms with E-state index in [1.54, 1.807) is 36.9 Å². The minimum absolute atomic E-state index is 0.0174. The average molecular weight is 453 g/mol. The van der Waals surface area contributed by atoms with Gasteiger partial charge in [-0.05, 0) is 37.3 Å². The number of nitrogens with one attached hydrogen (secondary N) is 2. The van der Waals surface area contributed by atoms with E-state index < -0.39 is 0 Å². The van der Waals surface area contributed by atoms with Crippen LogP contribution in [0.15, 0.2) is 18.5 Å². The van der Waals surface area contributed by atoms with E-state index >= 15 is 0 Å². The van der Waals surface area contributed by atoms with Gasteiger partial charge in [0.1, 0.15) is 22.7 Å². The number of carbonyl (C=O) groups excluding carboxylic acids is 1. The van der Waals surface area contributed by atoms with Gasteiger partial charge >= 0.3 is 0 Å². The van der Waals surface area contributed by atoms with Gasteiger partial charge in [0.15, 0.2) is 0 Å². The first kappa shape index (κ1) is 22.0. The molecule has 32 heavy (non-hydrogen) atoms. The van der Waals surface area contributed by atoms with Crippen molar-refractivity contribution < 1.29 is 9.53 Å². The maximum atomic E-state index is 12.8. The average Bonchev–Trinajstić information content (AvgIpc) is 3.18. The number of hydrogen-bond donors (Lipinski definition) is 3. The second-order valence-corrected chi connectivity index (χ2v) is 9.14. The molecule has 0 fully saturated rings. The Hall–Kier alpha value is -3.20. The number of rotatable bonds is 7. The summed E-state index contributed by atoms with van der Waals surface area (Å²) in [6, 6.07) is 3.49. The van der Waals surface area contributed by atoms with E-state index in [1.165, 1.54) is 16.7 Å². The van der Waals surface area contributed by atoms with Gasteiger partial charge in [-0.2, -0.15) is 0 Å². The molecule has 4 N–H and O–H groups in total. The second kappa shape index (κ2) is 9.12. The van der Waals surface area contributed by atoms with Gasteiger partial charge in [-0.15, -0.1) is 11.3 Å². The summed E-state index contributed by atoms with van der Waals surface area (Å²) in [5, 5.41) is 12.0. The lowest BCUT2D eigenvalue weighted by molar-refractivity contribution is -0.134. The standard InChI is InChI=1S/C23H28N6O2S/c1-4-7-29(2)23(30)13-5-6-15-19(9-13)32-22-20(15)21(26-12-27-22)28-17-8-14(11-24)16(25)10-18(17)31-3/h8,10-13,24H,4-7,9,25H2,1-3H3,(H,26,27,28). The zero-order chi connectivity index (χ0) is 22.8. The summed E-state index contributed by atoms with van der Waals surface area (Å²) in [5.74, 6) is 1.52. The van der Waals surface area contributed by atoms with E-state index in [0.29, 0.717) is 28.5 Å². The van der Waals surface area contributed by atoms with Crippen LogP contribution in [0.25, 0.3) is 10.2 Å². The Morgan fingerprint density at radius 3 is 2.97 bits per heavy atom. The lowest BCUT2D eigenvalue weighted by atomic mass is 9.87. The highest BCUT2D eigenvalue weighted by molar-refractivity contribution is 7.19. The number of aromatic nitrogens is 2. The molecule has 1 aliphatic rings. The summed E-state index contributed by atoms with van der Waals surface area (Å²) < 4.78 is 5.49. The molecule has 1 unspecified atom stereocenters. The Bertz CT molecular complexity index is 1170. The van der Waals surface area contributed by atoms with E-state index in [-0.39, 0.29) is 11.8 Å². The smallest absolute Gasteiger partial charge is 0.225 e. The van der Waals surface area contributed by atoms with Gasteiger partial charge in [-0.1, -0.05) is 6.92 Å². The van der Waals surface area contributed by atoms with Crippen LogP contribution in [-0.4, -0.2) is 47.7 Å². The van der Waals surface area contributed by atoms with Crippen molar-refractivity contribution in [3.63, 3.8) is 0 Å². The monoisotopic (exact) mass is 452 g/mol. The molecular weight excluding hydrogens is 424 g/mol. The summed E-state index contributed by atoms with van der Waals surface area (Å²) in [7, 11) is 3.47. The normalized spacial score (nSPS) is 15.3. The van der Waals surface area contributed by atoms with Crippen molar-refractivity contribution in [1.29, 1.82) is 5.41 Å². The molecule has 1 amide bonds. The molecular formula is C23H28N6O2S. The third kappa shape index (κ3) is 4.00. The number of amides is 1. The van der Waals surface area contributed by atoms with Crippen molar-refractivity contribution in [3.8, 4) is 5.75 Å². The predicted octanol–water partition coefficient (Wildman–Crippen LogP) is 4.00. The number of nitrogen functional groups attached to an aromatic ring is 1. The first-order valence-electron chi connectivity index (χ1n) is 10.7. The number of ether oxygens (including phenoxy) is 1. The third-order valence-electron chi connectivity index (χ3n) is 5.94. The SMILES string of the molecule is CCCN(C)C(=O)C1CCc2c(sc3ncnc(Nc4cc(C=N)c(N)cc4OC)c23)C1. The van der Waals surface area contributed by atoms with E-state index in [2.05, 4.69) is 22.2 Å². The molecule has 1 atom stereocenters. The molecule has 2 aromatic heterocycles. The Morgan fingerprint density at radius 2 is 2.25 bits per heavy atom. The molecule has 0 aliphatic heterocycles. The van der Waals surface area contributed by atoms with Crippen LogP contribution < -0.4 is 15.8 Å². The summed E-state index contributed by atoms with van der Waals surface area (Å²) in [4.78, 5) is 25.8. The van der Waals surface area contributed by atoms with Crippen LogP contribution in [-0.2, 0) is 17.6 Å². The lowest BCUT2D eigenvalue weighted by Crippen LogP contribution is -2.35. The fraction of sp³-hybridized carbons (Fsp3) is 0.391. The van der Waals surface area contributed by atoms with Crippen LogP contribution in [0.2, 0.25) is 0 Å². The predicted molar refractivity (Wildman–Crippen MR) is 129 cm³/mol. The zero-order valence-electron chi connectivity index (χ0n) is 18.6. The molecule has 0 saturated carbocycles. The lowest BCUT2D eigenvalue weighted by Gasteiger charge is -2.26. The van der Waals surface area contributed by atoms with Gasteiger partial charge in [-0.3, -0.25) is 4.79 Å². The van der Waals surface area contributed by atoms with Crippen molar-refractivity contribution in [2.24, 2.45) is 5.92 Å². The third-order valence-corrected chi connectivity index (χ3v) is 7.11. The fourth-order valence-electron chi connectivity index (χ4n) is 4.30. The number of benzene rings is 1. The topological polar surface area (TPSA) is 117 Å². The number of hydrogen-bond acceptors (Lipinski definition) is 8. The summed E-state index contributed by atoms with van der Waals surface area (Å²) in [5.41, 5.74) is 8.98. The minimum atomic E-state index is 0.0174. The Morgan fingerprint density at radius 1 is 1.44 bits per heavy atom. The quantitative estimate of drug-likeness (QED) is 0.368. The minimum Gasteiger partial charge on any atom is -0.494 e. The molecule has 168 valence electrons. The highest BCUT2D eigenvalue weighted by Gasteiger charge is 2.30. The van der Waals surface area contributed by atoms with Gasteiger partial charge in [0.05, 0.1) is 18.2 Å². The van der Waals surface area contributed by atoms with Gasteiger partial charge in [-0.25, -0.2) is 9.97 Å². The number of aryl methyl sites for hydroxylation is 1. The highest BCUT2D eigenvalue weighted by atomic mass is 32.1. The van der Waals surface area contributed by atoms with Crippen LogP contribution in [0.4, 0.5) is 17.2 Å². The summed E-state index contributed by atoms with van der Waals surface area (Å²) in [6.45, 7) is 2.87. The largest absolute Gasteiger partial charge is 0.494 e. The molecule has 2 heterocycles. The van der Waals surface area contributed by atoms with Gasteiger partial charge in [0.2, 0.25) is 5.91 Å². The van der Waals surface area contributed by atoms with Crippen molar-refractivity contribution in [2.45, 2.75) is 32.6 Å². The van der Waals surface area contributed by atoms with Gasteiger partial charge < -0.3 is 26.1 Å². The number of nitrogens with two attached hydrogens (primary N) is 1. The molecule has 0 spiro atoms. The van der Waals surface area contributed by atoms with Crippen molar-refractivity contribution >= 4 is 50.9 Å². The zero-order valence-corrected chi connectivity index (χ0v) is 19.4. The number of fused-ring (bicyclic) bond motifs is 3. The number of anilines is 3.